The molecular weight excluding hydrogens is 228 g/mol. The molecule has 1 N–H and O–H groups in total. The van der Waals surface area contributed by atoms with Gasteiger partial charge in [0.05, 0.1) is 0 Å². The number of nitrogens with one attached hydrogen (secondary N) is 1. The summed E-state index contributed by atoms with van der Waals surface area (Å²) in [7, 11) is 0. The molecule has 0 saturated carbocycles. The Labute approximate surface area is 106 Å². The Balaban J connectivity index is 1.95. The Morgan fingerprint density at radius 2 is 2.22 bits per heavy atom. The van der Waals surface area contributed by atoms with Gasteiger partial charge in [0.2, 0.25) is 5.91 Å². The second kappa shape index (κ2) is 5.44. The third kappa shape index (κ3) is 2.74. The van der Waals surface area contributed by atoms with Crippen LogP contribution >= 0.6 is 0 Å². The van der Waals surface area contributed by atoms with Crippen molar-refractivity contribution in [3.63, 3.8) is 0 Å². The first-order valence-corrected chi connectivity index (χ1v) is 5.85. The molecule has 1 heterocycles. The molecule has 2 rings (SSSR count). The van der Waals surface area contributed by atoms with Crippen molar-refractivity contribution in [1.29, 1.82) is 0 Å². The Hall–Kier alpha value is -2.17. The molecule has 5 nitrogen and oxygen atoms in total. The van der Waals surface area contributed by atoms with Crippen LogP contribution in [0.5, 0.6) is 0 Å². The molecule has 2 aromatic rings. The van der Waals surface area contributed by atoms with Crippen molar-refractivity contribution in [3.8, 4) is 0 Å². The number of carbonyl (C=O) groups excluding carboxylic acids is 1. The van der Waals surface area contributed by atoms with E-state index in [-0.39, 0.29) is 11.9 Å². The highest BCUT2D eigenvalue weighted by Crippen LogP contribution is 2.07. The summed E-state index contributed by atoms with van der Waals surface area (Å²) in [6, 6.07) is 7.64. The van der Waals surface area contributed by atoms with Crippen LogP contribution < -0.4 is 5.32 Å². The molecule has 0 bridgehead atoms. The molecule has 5 heteroatoms. The lowest BCUT2D eigenvalue weighted by atomic mass is 10.1. The summed E-state index contributed by atoms with van der Waals surface area (Å²) >= 11 is 0. The Morgan fingerprint density at radius 3 is 2.89 bits per heavy atom. The fourth-order valence-corrected chi connectivity index (χ4v) is 1.68. The summed E-state index contributed by atoms with van der Waals surface area (Å²) in [5.74, 6) is -0.0660. The highest BCUT2D eigenvalue weighted by molar-refractivity contribution is 5.79. The molecule has 1 aromatic carbocycles. The van der Waals surface area contributed by atoms with Crippen LogP contribution in [0.4, 0.5) is 0 Å². The second-order valence-electron chi connectivity index (χ2n) is 4.20. The molecule has 0 fully saturated rings. The summed E-state index contributed by atoms with van der Waals surface area (Å²) in [6.45, 7) is 4.36. The zero-order valence-corrected chi connectivity index (χ0v) is 10.5. The maximum Gasteiger partial charge on any atom is 0.244 e. The van der Waals surface area contributed by atoms with Gasteiger partial charge in [0.15, 0.2) is 0 Å². The normalized spacial score (nSPS) is 12.1. The van der Waals surface area contributed by atoms with Crippen LogP contribution in [-0.4, -0.2) is 20.7 Å². The SMILES string of the molecule is Cc1ccccc1CNC(=O)[C@H](C)n1cncn1. The van der Waals surface area contributed by atoms with Gasteiger partial charge in [-0.1, -0.05) is 24.3 Å². The second-order valence-corrected chi connectivity index (χ2v) is 4.20. The maximum absolute atomic E-state index is 11.9. The minimum absolute atomic E-state index is 0.0660. The first kappa shape index (κ1) is 12.3. The Morgan fingerprint density at radius 1 is 1.44 bits per heavy atom. The molecule has 0 unspecified atom stereocenters. The molecule has 0 radical (unpaired) electrons. The highest BCUT2D eigenvalue weighted by Gasteiger charge is 2.14. The van der Waals surface area contributed by atoms with Crippen LogP contribution in [0.3, 0.4) is 0 Å². The van der Waals surface area contributed by atoms with E-state index in [4.69, 9.17) is 0 Å². The number of rotatable bonds is 4. The molecular formula is C13H16N4O. The lowest BCUT2D eigenvalue weighted by molar-refractivity contribution is -0.124. The zero-order chi connectivity index (χ0) is 13.0. The van der Waals surface area contributed by atoms with Gasteiger partial charge in [0.25, 0.3) is 0 Å². The van der Waals surface area contributed by atoms with Gasteiger partial charge >= 0.3 is 0 Å². The van der Waals surface area contributed by atoms with Crippen LogP contribution in [-0.2, 0) is 11.3 Å². The number of carbonyl (C=O) groups is 1. The lowest BCUT2D eigenvalue weighted by Crippen LogP contribution is -2.31. The van der Waals surface area contributed by atoms with Gasteiger partial charge < -0.3 is 5.32 Å². The van der Waals surface area contributed by atoms with Gasteiger partial charge in [-0.25, -0.2) is 9.67 Å². The number of nitrogens with zero attached hydrogens (tertiary/aromatic N) is 3. The molecule has 0 spiro atoms. The molecule has 18 heavy (non-hydrogen) atoms. The monoisotopic (exact) mass is 244 g/mol. The molecule has 0 aliphatic heterocycles. The zero-order valence-electron chi connectivity index (χ0n) is 10.5. The van der Waals surface area contributed by atoms with E-state index in [1.54, 1.807) is 6.92 Å². The predicted molar refractivity (Wildman–Crippen MR) is 67.8 cm³/mol. The molecule has 0 saturated heterocycles. The number of amides is 1. The van der Waals surface area contributed by atoms with Crippen LogP contribution in [0, 0.1) is 6.92 Å². The number of aryl methyl sites for hydroxylation is 1. The molecule has 1 amide bonds. The average molecular weight is 244 g/mol. The highest BCUT2D eigenvalue weighted by atomic mass is 16.2. The van der Waals surface area contributed by atoms with Crippen molar-refractivity contribution < 1.29 is 4.79 Å². The summed E-state index contributed by atoms with van der Waals surface area (Å²) in [5.41, 5.74) is 2.29. The fourth-order valence-electron chi connectivity index (χ4n) is 1.68. The lowest BCUT2D eigenvalue weighted by Gasteiger charge is -2.13. The van der Waals surface area contributed by atoms with Crippen molar-refractivity contribution >= 4 is 5.91 Å². The molecule has 0 aliphatic rings. The first-order valence-electron chi connectivity index (χ1n) is 5.85. The summed E-state index contributed by atoms with van der Waals surface area (Å²) in [5, 5.41) is 6.85. The van der Waals surface area contributed by atoms with E-state index in [9.17, 15) is 4.79 Å². The number of aromatic nitrogens is 3. The van der Waals surface area contributed by atoms with E-state index in [0.717, 1.165) is 5.56 Å². The third-order valence-electron chi connectivity index (χ3n) is 2.93. The van der Waals surface area contributed by atoms with E-state index < -0.39 is 0 Å². The quantitative estimate of drug-likeness (QED) is 0.885. The van der Waals surface area contributed by atoms with Crippen molar-refractivity contribution in [2.45, 2.75) is 26.4 Å². The van der Waals surface area contributed by atoms with Crippen LogP contribution in [0.2, 0.25) is 0 Å². The molecule has 1 atom stereocenters. The molecule has 1 aromatic heterocycles. The van der Waals surface area contributed by atoms with E-state index in [1.807, 2.05) is 31.2 Å². The van der Waals surface area contributed by atoms with Crippen molar-refractivity contribution in [2.75, 3.05) is 0 Å². The standard InChI is InChI=1S/C13H16N4O/c1-10-5-3-4-6-12(10)7-15-13(18)11(2)17-9-14-8-16-17/h3-6,8-9,11H,7H2,1-2H3,(H,15,18)/t11-/m0/s1. The third-order valence-corrected chi connectivity index (χ3v) is 2.93. The number of hydrogen-bond donors (Lipinski definition) is 1. The van der Waals surface area contributed by atoms with Gasteiger partial charge in [-0.15, -0.1) is 0 Å². The smallest absolute Gasteiger partial charge is 0.244 e. The van der Waals surface area contributed by atoms with Crippen molar-refractivity contribution in [2.24, 2.45) is 0 Å². The minimum atomic E-state index is -0.350. The minimum Gasteiger partial charge on any atom is -0.350 e. The van der Waals surface area contributed by atoms with Gasteiger partial charge in [-0.3, -0.25) is 4.79 Å². The average Bonchev–Trinajstić information content (AvgIpc) is 2.90. The van der Waals surface area contributed by atoms with Gasteiger partial charge in [-0.2, -0.15) is 5.10 Å². The topological polar surface area (TPSA) is 59.8 Å². The maximum atomic E-state index is 11.9. The van der Waals surface area contributed by atoms with Gasteiger partial charge in [0.1, 0.15) is 18.7 Å². The van der Waals surface area contributed by atoms with Crippen molar-refractivity contribution in [1.82, 2.24) is 20.1 Å². The number of benzene rings is 1. The van der Waals surface area contributed by atoms with Crippen LogP contribution in [0.1, 0.15) is 24.1 Å². The van der Waals surface area contributed by atoms with E-state index in [0.29, 0.717) is 6.54 Å². The van der Waals surface area contributed by atoms with Crippen LogP contribution in [0.15, 0.2) is 36.9 Å². The predicted octanol–water partition coefficient (Wildman–Crippen LogP) is 1.46. The van der Waals surface area contributed by atoms with Crippen LogP contribution in [0.25, 0.3) is 0 Å². The number of hydrogen-bond acceptors (Lipinski definition) is 3. The molecule has 94 valence electrons. The summed E-state index contributed by atoms with van der Waals surface area (Å²) in [6.07, 6.45) is 2.96. The van der Waals surface area contributed by atoms with Gasteiger partial charge in [-0.05, 0) is 25.0 Å². The van der Waals surface area contributed by atoms with E-state index in [1.165, 1.54) is 22.9 Å². The molecule has 0 aliphatic carbocycles. The summed E-state index contributed by atoms with van der Waals surface area (Å²) < 4.78 is 1.53. The van der Waals surface area contributed by atoms with Gasteiger partial charge in [0, 0.05) is 6.54 Å². The largest absolute Gasteiger partial charge is 0.350 e. The van der Waals surface area contributed by atoms with E-state index >= 15 is 0 Å². The summed E-state index contributed by atoms with van der Waals surface area (Å²) in [4.78, 5) is 15.8. The fraction of sp³-hybridized carbons (Fsp3) is 0.308. The first-order chi connectivity index (χ1) is 8.68. The van der Waals surface area contributed by atoms with E-state index in [2.05, 4.69) is 15.4 Å². The Bertz CT molecular complexity index is 522. The van der Waals surface area contributed by atoms with Crippen molar-refractivity contribution in [3.05, 3.63) is 48.0 Å². The Kier molecular flexibility index (Phi) is 3.72.